The third kappa shape index (κ3) is 23.8. The summed E-state index contributed by atoms with van der Waals surface area (Å²) >= 11 is 0. The lowest BCUT2D eigenvalue weighted by Gasteiger charge is -2.24. The molecule has 0 aromatic heterocycles. The van der Waals surface area contributed by atoms with Gasteiger partial charge in [0, 0.05) is 6.42 Å². The van der Waals surface area contributed by atoms with Gasteiger partial charge in [-0.05, 0) is 37.3 Å². The smallest absolute Gasteiger partial charge is 0.472 e. The number of phosphoric acid groups is 1. The highest BCUT2D eigenvalue weighted by molar-refractivity contribution is 7.47. The number of carbonyl (C=O) groups is 1. The third-order valence-corrected chi connectivity index (χ3v) is 8.79. The number of phosphoric ester groups is 1. The van der Waals surface area contributed by atoms with Crippen molar-refractivity contribution in [2.24, 2.45) is 5.92 Å². The van der Waals surface area contributed by atoms with E-state index in [4.69, 9.17) is 13.8 Å². The van der Waals surface area contributed by atoms with Crippen molar-refractivity contribution < 1.29 is 32.5 Å². The lowest BCUT2D eigenvalue weighted by molar-refractivity contribution is -0.870. The molecule has 0 aliphatic carbocycles. The highest BCUT2D eigenvalue weighted by Crippen LogP contribution is 2.44. The van der Waals surface area contributed by atoms with Gasteiger partial charge in [0.05, 0.1) is 34.4 Å². The Morgan fingerprint density at radius 3 is 1.81 bits per heavy atom. The molecular formula is C35H65NO6P+. The van der Waals surface area contributed by atoms with Crippen molar-refractivity contribution in [2.45, 2.75) is 129 Å². The van der Waals surface area contributed by atoms with Crippen molar-refractivity contribution in [1.29, 1.82) is 0 Å². The van der Waals surface area contributed by atoms with Crippen LogP contribution in [0.5, 0.6) is 5.75 Å². The molecule has 1 N–H and O–H groups in total. The highest BCUT2D eigenvalue weighted by Gasteiger charge is 2.25. The Morgan fingerprint density at radius 2 is 1.30 bits per heavy atom. The lowest BCUT2D eigenvalue weighted by atomic mass is 9.95. The fourth-order valence-electron chi connectivity index (χ4n) is 5.22. The van der Waals surface area contributed by atoms with E-state index >= 15 is 0 Å². The van der Waals surface area contributed by atoms with Crippen LogP contribution in [-0.2, 0) is 24.8 Å². The molecule has 2 atom stereocenters. The zero-order valence-electron chi connectivity index (χ0n) is 28.3. The van der Waals surface area contributed by atoms with Gasteiger partial charge in [0.1, 0.15) is 24.7 Å². The summed E-state index contributed by atoms with van der Waals surface area (Å²) in [5.41, 5.74) is 0.979. The molecule has 0 radical (unpaired) electrons. The Hall–Kier alpha value is -1.24. The van der Waals surface area contributed by atoms with E-state index in [1.54, 1.807) is 0 Å². The van der Waals surface area contributed by atoms with Gasteiger partial charge >= 0.3 is 7.82 Å². The van der Waals surface area contributed by atoms with Crippen molar-refractivity contribution in [1.82, 2.24) is 0 Å². The molecular weight excluding hydrogens is 561 g/mol. The molecule has 0 saturated carbocycles. The number of para-hydroxylation sites is 1. The Labute approximate surface area is 264 Å². The molecule has 1 aromatic carbocycles. The second kappa shape index (κ2) is 24.1. The number of unbranched alkanes of at least 4 members (excludes halogenated alkanes) is 15. The van der Waals surface area contributed by atoms with Crippen LogP contribution in [0.15, 0.2) is 24.3 Å². The summed E-state index contributed by atoms with van der Waals surface area (Å²) in [5.74, 6) is 0.572. The summed E-state index contributed by atoms with van der Waals surface area (Å²) in [6.07, 6.45) is 22.2. The molecule has 7 nitrogen and oxygen atoms in total. The average Bonchev–Trinajstić information content (AvgIpc) is 2.93. The van der Waals surface area contributed by atoms with Gasteiger partial charge in [0.25, 0.3) is 0 Å². The normalized spacial score (nSPS) is 14.0. The van der Waals surface area contributed by atoms with Crippen LogP contribution in [-0.4, -0.2) is 62.7 Å². The number of benzene rings is 1. The van der Waals surface area contributed by atoms with Gasteiger partial charge in [-0.1, -0.05) is 121 Å². The maximum absolute atomic E-state index is 12.4. The Balaban J connectivity index is 2.27. The zero-order valence-corrected chi connectivity index (χ0v) is 29.2. The third-order valence-electron chi connectivity index (χ3n) is 7.80. The summed E-state index contributed by atoms with van der Waals surface area (Å²) < 4.78 is 29.6. The molecule has 250 valence electrons. The molecule has 0 aliphatic rings. The van der Waals surface area contributed by atoms with Gasteiger partial charge in [0.2, 0.25) is 0 Å². The van der Waals surface area contributed by atoms with Crippen molar-refractivity contribution >= 4 is 13.6 Å². The average molecular weight is 627 g/mol. The molecule has 0 bridgehead atoms. The predicted molar refractivity (Wildman–Crippen MR) is 179 cm³/mol. The molecule has 0 saturated heterocycles. The fourth-order valence-corrected chi connectivity index (χ4v) is 6.01. The number of Topliss-reactive ketones (excluding diaryl/α,β-unsaturated/α-hetero) is 1. The molecule has 0 amide bonds. The van der Waals surface area contributed by atoms with Gasteiger partial charge < -0.3 is 18.9 Å². The van der Waals surface area contributed by atoms with Crippen LogP contribution in [0.2, 0.25) is 0 Å². The maximum atomic E-state index is 12.4. The zero-order chi connectivity index (χ0) is 31.8. The number of carbonyl (C=O) groups excluding carboxylic acids is 1. The predicted octanol–water partition coefficient (Wildman–Crippen LogP) is 9.30. The summed E-state index contributed by atoms with van der Waals surface area (Å²) in [6, 6.07) is 7.85. The number of quaternary nitrogens is 1. The van der Waals surface area contributed by atoms with Crippen LogP contribution in [0.3, 0.4) is 0 Å². The Kier molecular flexibility index (Phi) is 22.3. The van der Waals surface area contributed by atoms with Gasteiger partial charge in [0.15, 0.2) is 0 Å². The van der Waals surface area contributed by atoms with Crippen molar-refractivity contribution in [2.75, 3.05) is 47.5 Å². The topological polar surface area (TPSA) is 82.1 Å². The van der Waals surface area contributed by atoms with Gasteiger partial charge in [-0.2, -0.15) is 0 Å². The second-order valence-corrected chi connectivity index (χ2v) is 14.8. The van der Waals surface area contributed by atoms with Crippen molar-refractivity contribution in [3.05, 3.63) is 29.8 Å². The number of nitrogens with zero attached hydrogens (tertiary/aromatic N) is 1. The molecule has 0 fully saturated rings. The number of likely N-dealkylation sites (N-methyl/N-ethyl adjacent to an activating group) is 1. The standard InChI is InChI=1S/C35H64NO6P/c1-6-7-8-9-10-11-12-13-14-15-16-17-18-19-20-23-27-40-35-25-22-21-24-34(35)30-33(29-32(2)37)31-42-43(38,39)41-28-26-36(3,4)5/h21-22,24-25,33H,6-20,23,26-31H2,1-5H3/p+1. The van der Waals surface area contributed by atoms with Crippen LogP contribution < -0.4 is 4.74 Å². The van der Waals surface area contributed by atoms with E-state index in [2.05, 4.69) is 6.92 Å². The summed E-state index contributed by atoms with van der Waals surface area (Å²) in [6.45, 7) is 5.13. The Bertz CT molecular complexity index is 887. The SMILES string of the molecule is CCCCCCCCCCCCCCCCCCOc1ccccc1CC(COP(=O)(O)OCC[N+](C)(C)C)CC(C)=O. The number of ketones is 1. The van der Waals surface area contributed by atoms with Crippen LogP contribution >= 0.6 is 7.82 Å². The van der Waals surface area contributed by atoms with Crippen molar-refractivity contribution in [3.8, 4) is 5.75 Å². The van der Waals surface area contributed by atoms with Gasteiger partial charge in [-0.3, -0.25) is 9.05 Å². The first-order valence-electron chi connectivity index (χ1n) is 17.1. The van der Waals surface area contributed by atoms with E-state index in [1.165, 1.54) is 103 Å². The minimum absolute atomic E-state index is 0.0129. The van der Waals surface area contributed by atoms with Crippen LogP contribution in [0.4, 0.5) is 0 Å². The molecule has 0 spiro atoms. The molecule has 1 aromatic rings. The minimum Gasteiger partial charge on any atom is -0.493 e. The van der Waals surface area contributed by atoms with E-state index in [0.717, 1.165) is 17.7 Å². The molecule has 0 heterocycles. The van der Waals surface area contributed by atoms with Crippen LogP contribution in [0.25, 0.3) is 0 Å². The monoisotopic (exact) mass is 626 g/mol. The first-order valence-corrected chi connectivity index (χ1v) is 18.6. The fraction of sp³-hybridized carbons (Fsp3) is 0.800. The largest absolute Gasteiger partial charge is 0.493 e. The summed E-state index contributed by atoms with van der Waals surface area (Å²) in [7, 11) is 1.75. The van der Waals surface area contributed by atoms with E-state index in [9.17, 15) is 14.3 Å². The van der Waals surface area contributed by atoms with E-state index < -0.39 is 7.82 Å². The summed E-state index contributed by atoms with van der Waals surface area (Å²) in [5, 5.41) is 0. The lowest BCUT2D eigenvalue weighted by Crippen LogP contribution is -2.37. The highest BCUT2D eigenvalue weighted by atomic mass is 31.2. The Morgan fingerprint density at radius 1 is 0.791 bits per heavy atom. The van der Waals surface area contributed by atoms with Crippen LogP contribution in [0, 0.1) is 5.92 Å². The maximum Gasteiger partial charge on any atom is 0.472 e. The first kappa shape index (κ1) is 39.8. The van der Waals surface area contributed by atoms with E-state index in [0.29, 0.717) is 24.1 Å². The number of hydrogen-bond acceptors (Lipinski definition) is 5. The molecule has 1 rings (SSSR count). The van der Waals surface area contributed by atoms with Crippen LogP contribution in [0.1, 0.15) is 129 Å². The second-order valence-electron chi connectivity index (χ2n) is 13.3. The van der Waals surface area contributed by atoms with E-state index in [-0.39, 0.29) is 31.3 Å². The van der Waals surface area contributed by atoms with Crippen molar-refractivity contribution in [3.63, 3.8) is 0 Å². The molecule has 2 unspecified atom stereocenters. The quantitative estimate of drug-likeness (QED) is 0.0542. The van der Waals surface area contributed by atoms with Gasteiger partial charge in [-0.15, -0.1) is 0 Å². The first-order chi connectivity index (χ1) is 20.5. The van der Waals surface area contributed by atoms with E-state index in [1.807, 2.05) is 45.4 Å². The molecule has 0 aliphatic heterocycles. The minimum atomic E-state index is -4.19. The molecule has 43 heavy (non-hydrogen) atoms. The molecule has 8 heteroatoms. The number of rotatable bonds is 29. The number of hydrogen-bond donors (Lipinski definition) is 1. The number of ether oxygens (including phenoxy) is 1. The van der Waals surface area contributed by atoms with Gasteiger partial charge in [-0.25, -0.2) is 4.57 Å². The summed E-state index contributed by atoms with van der Waals surface area (Å²) in [4.78, 5) is 22.1.